The van der Waals surface area contributed by atoms with Crippen LogP contribution in [0.3, 0.4) is 0 Å². The SMILES string of the molecule is C[C](CO)c1ccc(C)c(Br)c1. The summed E-state index contributed by atoms with van der Waals surface area (Å²) in [5, 5.41) is 8.90. The van der Waals surface area contributed by atoms with E-state index in [-0.39, 0.29) is 6.61 Å². The summed E-state index contributed by atoms with van der Waals surface area (Å²) in [7, 11) is 0. The molecule has 0 saturated heterocycles. The van der Waals surface area contributed by atoms with Gasteiger partial charge in [0.05, 0.1) is 6.61 Å². The van der Waals surface area contributed by atoms with Crippen LogP contribution in [0.5, 0.6) is 0 Å². The Kier molecular flexibility index (Phi) is 3.29. The van der Waals surface area contributed by atoms with E-state index in [1.165, 1.54) is 5.56 Å². The molecule has 0 atom stereocenters. The van der Waals surface area contributed by atoms with Crippen molar-refractivity contribution in [2.75, 3.05) is 6.61 Å². The number of benzene rings is 1. The fourth-order valence-corrected chi connectivity index (χ4v) is 1.33. The molecule has 0 saturated carbocycles. The third-order valence-electron chi connectivity index (χ3n) is 1.90. The summed E-state index contributed by atoms with van der Waals surface area (Å²) in [6, 6.07) is 6.09. The average molecular weight is 228 g/mol. The molecule has 1 aromatic rings. The molecule has 0 aliphatic carbocycles. The van der Waals surface area contributed by atoms with Gasteiger partial charge in [-0.05, 0) is 24.1 Å². The van der Waals surface area contributed by atoms with E-state index in [1.807, 2.05) is 32.0 Å². The second-order valence-electron chi connectivity index (χ2n) is 2.90. The van der Waals surface area contributed by atoms with Gasteiger partial charge in [-0.2, -0.15) is 0 Å². The first-order valence-electron chi connectivity index (χ1n) is 3.85. The lowest BCUT2D eigenvalue weighted by Crippen LogP contribution is -1.99. The van der Waals surface area contributed by atoms with Gasteiger partial charge in [-0.25, -0.2) is 0 Å². The third-order valence-corrected chi connectivity index (χ3v) is 2.76. The third kappa shape index (κ3) is 2.08. The van der Waals surface area contributed by atoms with Gasteiger partial charge in [0.1, 0.15) is 0 Å². The van der Waals surface area contributed by atoms with Gasteiger partial charge in [0.25, 0.3) is 0 Å². The Labute approximate surface area is 81.6 Å². The number of aryl methyl sites for hydroxylation is 1. The van der Waals surface area contributed by atoms with Crippen LogP contribution in [0.2, 0.25) is 0 Å². The van der Waals surface area contributed by atoms with Crippen molar-refractivity contribution in [1.82, 2.24) is 0 Å². The van der Waals surface area contributed by atoms with Crippen LogP contribution in [0, 0.1) is 12.8 Å². The van der Waals surface area contributed by atoms with Crippen LogP contribution < -0.4 is 0 Å². The molecule has 0 aromatic heterocycles. The van der Waals surface area contributed by atoms with Gasteiger partial charge in [0, 0.05) is 10.4 Å². The lowest BCUT2D eigenvalue weighted by atomic mass is 10.0. The summed E-state index contributed by atoms with van der Waals surface area (Å²) in [6.07, 6.45) is 0. The largest absolute Gasteiger partial charge is 0.395 e. The van der Waals surface area contributed by atoms with E-state index >= 15 is 0 Å². The van der Waals surface area contributed by atoms with Crippen LogP contribution in [0.1, 0.15) is 18.1 Å². The lowest BCUT2D eigenvalue weighted by Gasteiger charge is -2.08. The van der Waals surface area contributed by atoms with Crippen molar-refractivity contribution in [2.45, 2.75) is 13.8 Å². The number of hydrogen-bond acceptors (Lipinski definition) is 1. The number of hydrogen-bond donors (Lipinski definition) is 1. The van der Waals surface area contributed by atoms with Crippen LogP contribution >= 0.6 is 15.9 Å². The molecule has 1 radical (unpaired) electrons. The van der Waals surface area contributed by atoms with Gasteiger partial charge in [-0.1, -0.05) is 35.0 Å². The smallest absolute Gasteiger partial charge is 0.0534 e. The summed E-state index contributed by atoms with van der Waals surface area (Å²) < 4.78 is 1.09. The molecule has 0 aliphatic heterocycles. The lowest BCUT2D eigenvalue weighted by molar-refractivity contribution is 0.315. The van der Waals surface area contributed by atoms with E-state index < -0.39 is 0 Å². The molecule has 65 valence electrons. The highest BCUT2D eigenvalue weighted by atomic mass is 79.9. The minimum Gasteiger partial charge on any atom is -0.395 e. The normalized spacial score (nSPS) is 10.8. The first kappa shape index (κ1) is 9.75. The number of aliphatic hydroxyl groups is 1. The summed E-state index contributed by atoms with van der Waals surface area (Å²) >= 11 is 3.45. The first-order valence-corrected chi connectivity index (χ1v) is 4.64. The monoisotopic (exact) mass is 227 g/mol. The van der Waals surface area contributed by atoms with Crippen molar-refractivity contribution in [3.05, 3.63) is 39.7 Å². The van der Waals surface area contributed by atoms with E-state index in [2.05, 4.69) is 15.9 Å². The highest BCUT2D eigenvalue weighted by molar-refractivity contribution is 9.10. The Balaban J connectivity index is 2.96. The fourth-order valence-electron chi connectivity index (χ4n) is 0.950. The molecule has 0 heterocycles. The fraction of sp³-hybridized carbons (Fsp3) is 0.300. The summed E-state index contributed by atoms with van der Waals surface area (Å²) in [5.41, 5.74) is 2.31. The Morgan fingerprint density at radius 1 is 1.50 bits per heavy atom. The minimum absolute atomic E-state index is 0.121. The maximum atomic E-state index is 8.90. The zero-order chi connectivity index (χ0) is 9.14. The van der Waals surface area contributed by atoms with Crippen LogP contribution in [-0.2, 0) is 0 Å². The van der Waals surface area contributed by atoms with Gasteiger partial charge in [0.2, 0.25) is 0 Å². The standard InChI is InChI=1S/C10H12BrO/c1-7-3-4-9(5-10(7)11)8(2)6-12/h3-5,12H,6H2,1-2H3. The van der Waals surface area contributed by atoms with Crippen molar-refractivity contribution in [3.63, 3.8) is 0 Å². The molecule has 0 amide bonds. The highest BCUT2D eigenvalue weighted by Crippen LogP contribution is 2.21. The van der Waals surface area contributed by atoms with Gasteiger partial charge >= 0.3 is 0 Å². The van der Waals surface area contributed by atoms with Crippen molar-refractivity contribution in [3.8, 4) is 0 Å². The predicted molar refractivity (Wildman–Crippen MR) is 54.0 cm³/mol. The predicted octanol–water partition coefficient (Wildman–Crippen LogP) is 2.69. The quantitative estimate of drug-likeness (QED) is 0.825. The molecule has 1 N–H and O–H groups in total. The summed E-state index contributed by atoms with van der Waals surface area (Å²) in [4.78, 5) is 0. The topological polar surface area (TPSA) is 20.2 Å². The van der Waals surface area contributed by atoms with Crippen LogP contribution in [0.4, 0.5) is 0 Å². The molecule has 0 spiro atoms. The van der Waals surface area contributed by atoms with Crippen molar-refractivity contribution >= 4 is 15.9 Å². The molecule has 0 aliphatic rings. The van der Waals surface area contributed by atoms with Gasteiger partial charge < -0.3 is 5.11 Å². The molecule has 1 nitrogen and oxygen atoms in total. The molecule has 2 heteroatoms. The van der Waals surface area contributed by atoms with Crippen LogP contribution in [0.25, 0.3) is 0 Å². The van der Waals surface area contributed by atoms with E-state index in [0.29, 0.717) is 0 Å². The molecule has 12 heavy (non-hydrogen) atoms. The molecular weight excluding hydrogens is 216 g/mol. The maximum Gasteiger partial charge on any atom is 0.0534 e. The van der Waals surface area contributed by atoms with Gasteiger partial charge in [-0.3, -0.25) is 0 Å². The Morgan fingerprint density at radius 2 is 2.17 bits per heavy atom. The first-order chi connectivity index (χ1) is 5.65. The Bertz CT molecular complexity index is 271. The molecule has 0 bridgehead atoms. The summed E-state index contributed by atoms with van der Waals surface area (Å²) in [6.45, 7) is 4.09. The Morgan fingerprint density at radius 3 is 2.67 bits per heavy atom. The van der Waals surface area contributed by atoms with Crippen LogP contribution in [-0.4, -0.2) is 11.7 Å². The Hall–Kier alpha value is -0.340. The molecular formula is C10H12BrO. The second-order valence-corrected chi connectivity index (χ2v) is 3.76. The second kappa shape index (κ2) is 4.06. The van der Waals surface area contributed by atoms with E-state index in [0.717, 1.165) is 16.0 Å². The van der Waals surface area contributed by atoms with Crippen molar-refractivity contribution in [2.24, 2.45) is 0 Å². The summed E-state index contributed by atoms with van der Waals surface area (Å²) in [5.74, 6) is 0.996. The molecule has 0 unspecified atom stereocenters. The molecule has 1 aromatic carbocycles. The maximum absolute atomic E-state index is 8.90. The zero-order valence-electron chi connectivity index (χ0n) is 7.26. The minimum atomic E-state index is 0.121. The zero-order valence-corrected chi connectivity index (χ0v) is 8.85. The van der Waals surface area contributed by atoms with E-state index in [1.54, 1.807) is 0 Å². The highest BCUT2D eigenvalue weighted by Gasteiger charge is 2.05. The van der Waals surface area contributed by atoms with E-state index in [9.17, 15) is 0 Å². The van der Waals surface area contributed by atoms with Crippen molar-refractivity contribution in [1.29, 1.82) is 0 Å². The van der Waals surface area contributed by atoms with Crippen molar-refractivity contribution < 1.29 is 5.11 Å². The van der Waals surface area contributed by atoms with Gasteiger partial charge in [-0.15, -0.1) is 0 Å². The number of halogens is 1. The number of aliphatic hydroxyl groups excluding tert-OH is 1. The van der Waals surface area contributed by atoms with Crippen LogP contribution in [0.15, 0.2) is 22.7 Å². The van der Waals surface area contributed by atoms with E-state index in [4.69, 9.17) is 5.11 Å². The molecule has 1 rings (SSSR count). The molecule has 0 fully saturated rings. The number of rotatable bonds is 2. The van der Waals surface area contributed by atoms with Gasteiger partial charge in [0.15, 0.2) is 0 Å². The average Bonchev–Trinajstić information content (AvgIpc) is 2.08.